The lowest BCUT2D eigenvalue weighted by atomic mass is 9.97. The van der Waals surface area contributed by atoms with Gasteiger partial charge in [-0.3, -0.25) is 9.59 Å². The van der Waals surface area contributed by atoms with Crippen LogP contribution < -0.4 is 10.9 Å². The molecule has 0 saturated heterocycles. The number of rotatable bonds is 4. The predicted octanol–water partition coefficient (Wildman–Crippen LogP) is 2.85. The minimum absolute atomic E-state index is 0.0169. The molecule has 0 bridgehead atoms. The first-order valence-corrected chi connectivity index (χ1v) is 8.18. The van der Waals surface area contributed by atoms with Gasteiger partial charge in [0, 0.05) is 30.4 Å². The SMILES string of the molecule is CC(C)CNC(=O)c1c(-c2ccccc2)cc(=O)n2c1CCC2. The van der Waals surface area contributed by atoms with E-state index in [0.29, 0.717) is 24.6 Å². The molecule has 0 fully saturated rings. The van der Waals surface area contributed by atoms with E-state index in [1.165, 1.54) is 0 Å². The van der Waals surface area contributed by atoms with Crippen molar-refractivity contribution in [2.24, 2.45) is 5.92 Å². The highest BCUT2D eigenvalue weighted by Crippen LogP contribution is 2.28. The topological polar surface area (TPSA) is 51.1 Å². The van der Waals surface area contributed by atoms with E-state index in [4.69, 9.17) is 0 Å². The van der Waals surface area contributed by atoms with Gasteiger partial charge in [-0.25, -0.2) is 0 Å². The van der Waals surface area contributed by atoms with Gasteiger partial charge in [0.15, 0.2) is 0 Å². The largest absolute Gasteiger partial charge is 0.352 e. The second kappa shape index (κ2) is 6.41. The van der Waals surface area contributed by atoms with Crippen LogP contribution in [0, 0.1) is 5.92 Å². The monoisotopic (exact) mass is 310 g/mol. The van der Waals surface area contributed by atoms with Gasteiger partial charge in [0.05, 0.1) is 5.56 Å². The molecule has 0 atom stereocenters. The lowest BCUT2D eigenvalue weighted by molar-refractivity contribution is 0.0948. The smallest absolute Gasteiger partial charge is 0.253 e. The van der Waals surface area contributed by atoms with Gasteiger partial charge < -0.3 is 9.88 Å². The number of amides is 1. The summed E-state index contributed by atoms with van der Waals surface area (Å²) in [6, 6.07) is 11.3. The number of nitrogens with one attached hydrogen (secondary N) is 1. The van der Waals surface area contributed by atoms with E-state index in [1.807, 2.05) is 30.3 Å². The van der Waals surface area contributed by atoms with E-state index < -0.39 is 0 Å². The van der Waals surface area contributed by atoms with E-state index in [-0.39, 0.29) is 11.5 Å². The fraction of sp³-hybridized carbons (Fsp3) is 0.368. The minimum Gasteiger partial charge on any atom is -0.352 e. The normalized spacial score (nSPS) is 13.2. The zero-order chi connectivity index (χ0) is 16.4. The van der Waals surface area contributed by atoms with E-state index in [1.54, 1.807) is 10.6 Å². The van der Waals surface area contributed by atoms with Crippen molar-refractivity contribution in [3.8, 4) is 11.1 Å². The molecule has 4 heteroatoms. The molecule has 2 heterocycles. The highest BCUT2D eigenvalue weighted by molar-refractivity contribution is 6.02. The Morgan fingerprint density at radius 2 is 2.00 bits per heavy atom. The van der Waals surface area contributed by atoms with Crippen molar-refractivity contribution in [1.29, 1.82) is 0 Å². The second-order valence-corrected chi connectivity index (χ2v) is 6.44. The number of pyridine rings is 1. The maximum Gasteiger partial charge on any atom is 0.253 e. The molecule has 1 amide bonds. The van der Waals surface area contributed by atoms with E-state index in [9.17, 15) is 9.59 Å². The fourth-order valence-corrected chi connectivity index (χ4v) is 3.09. The summed E-state index contributed by atoms with van der Waals surface area (Å²) >= 11 is 0. The van der Waals surface area contributed by atoms with E-state index in [2.05, 4.69) is 19.2 Å². The van der Waals surface area contributed by atoms with Crippen molar-refractivity contribution < 1.29 is 4.79 Å². The Labute approximate surface area is 136 Å². The predicted molar refractivity (Wildman–Crippen MR) is 91.6 cm³/mol. The zero-order valence-corrected chi connectivity index (χ0v) is 13.6. The van der Waals surface area contributed by atoms with Gasteiger partial charge in [-0.2, -0.15) is 0 Å². The molecule has 4 nitrogen and oxygen atoms in total. The molecule has 1 N–H and O–H groups in total. The lowest BCUT2D eigenvalue weighted by Gasteiger charge is -2.16. The molecule has 3 rings (SSSR count). The Bertz CT molecular complexity index is 776. The standard InChI is InChI=1S/C19H22N2O2/c1-13(2)12-20-19(23)18-15(14-7-4-3-5-8-14)11-17(22)21-10-6-9-16(18)21/h3-5,7-8,11,13H,6,9-10,12H2,1-2H3,(H,20,23). The first-order valence-electron chi connectivity index (χ1n) is 8.18. The molecular formula is C19H22N2O2. The van der Waals surface area contributed by atoms with Crippen LogP contribution in [-0.2, 0) is 13.0 Å². The number of carbonyl (C=O) groups excluding carboxylic acids is 1. The number of hydrogen-bond acceptors (Lipinski definition) is 2. The van der Waals surface area contributed by atoms with Crippen LogP contribution >= 0.6 is 0 Å². The summed E-state index contributed by atoms with van der Waals surface area (Å²) in [5, 5.41) is 3.00. The van der Waals surface area contributed by atoms with Crippen molar-refractivity contribution in [3.05, 3.63) is 58.0 Å². The molecule has 0 saturated carbocycles. The van der Waals surface area contributed by atoms with E-state index in [0.717, 1.165) is 29.7 Å². The minimum atomic E-state index is -0.0804. The maximum atomic E-state index is 12.8. The van der Waals surface area contributed by atoms with Gasteiger partial charge in [-0.05, 0) is 24.3 Å². The molecule has 1 aliphatic heterocycles. The Morgan fingerprint density at radius 3 is 2.70 bits per heavy atom. The van der Waals surface area contributed by atoms with Crippen LogP contribution in [0.2, 0.25) is 0 Å². The quantitative estimate of drug-likeness (QED) is 0.944. The van der Waals surface area contributed by atoms with Crippen molar-refractivity contribution in [2.45, 2.75) is 33.2 Å². The lowest BCUT2D eigenvalue weighted by Crippen LogP contribution is -2.31. The van der Waals surface area contributed by atoms with Gasteiger partial charge in [-0.15, -0.1) is 0 Å². The van der Waals surface area contributed by atoms with Crippen molar-refractivity contribution in [1.82, 2.24) is 9.88 Å². The fourth-order valence-electron chi connectivity index (χ4n) is 3.09. The number of benzene rings is 1. The van der Waals surface area contributed by atoms with Gasteiger partial charge in [0.25, 0.3) is 11.5 Å². The van der Waals surface area contributed by atoms with Crippen molar-refractivity contribution >= 4 is 5.91 Å². The van der Waals surface area contributed by atoms with Gasteiger partial charge in [-0.1, -0.05) is 44.2 Å². The summed E-state index contributed by atoms with van der Waals surface area (Å²) in [5.41, 5.74) is 3.17. The van der Waals surface area contributed by atoms with Gasteiger partial charge in [0.2, 0.25) is 0 Å². The average molecular weight is 310 g/mol. The van der Waals surface area contributed by atoms with Crippen molar-refractivity contribution in [3.63, 3.8) is 0 Å². The molecule has 1 aliphatic rings. The molecular weight excluding hydrogens is 288 g/mol. The molecule has 23 heavy (non-hydrogen) atoms. The summed E-state index contributed by atoms with van der Waals surface area (Å²) in [6.45, 7) is 5.47. The highest BCUT2D eigenvalue weighted by Gasteiger charge is 2.24. The summed E-state index contributed by atoms with van der Waals surface area (Å²) in [5.74, 6) is 0.307. The summed E-state index contributed by atoms with van der Waals surface area (Å²) in [4.78, 5) is 25.2. The third kappa shape index (κ3) is 3.07. The van der Waals surface area contributed by atoms with Crippen LogP contribution in [0.15, 0.2) is 41.2 Å². The van der Waals surface area contributed by atoms with Crippen LogP contribution in [0.25, 0.3) is 11.1 Å². The van der Waals surface area contributed by atoms with Crippen LogP contribution in [0.1, 0.15) is 36.3 Å². The summed E-state index contributed by atoms with van der Waals surface area (Å²) < 4.78 is 1.75. The molecule has 0 spiro atoms. The number of nitrogens with zero attached hydrogens (tertiary/aromatic N) is 1. The number of hydrogen-bond donors (Lipinski definition) is 1. The third-order valence-corrected chi connectivity index (χ3v) is 4.20. The van der Waals surface area contributed by atoms with Crippen LogP contribution in [-0.4, -0.2) is 17.0 Å². The Kier molecular flexibility index (Phi) is 4.33. The zero-order valence-electron chi connectivity index (χ0n) is 13.6. The molecule has 0 radical (unpaired) electrons. The first-order chi connectivity index (χ1) is 11.1. The highest BCUT2D eigenvalue weighted by atomic mass is 16.2. The second-order valence-electron chi connectivity index (χ2n) is 6.44. The number of carbonyl (C=O) groups is 1. The van der Waals surface area contributed by atoms with Crippen LogP contribution in [0.5, 0.6) is 0 Å². The van der Waals surface area contributed by atoms with E-state index >= 15 is 0 Å². The summed E-state index contributed by atoms with van der Waals surface area (Å²) in [6.07, 6.45) is 1.69. The summed E-state index contributed by atoms with van der Waals surface area (Å²) in [7, 11) is 0. The molecule has 0 unspecified atom stereocenters. The van der Waals surface area contributed by atoms with Crippen LogP contribution in [0.3, 0.4) is 0 Å². The maximum absolute atomic E-state index is 12.8. The molecule has 1 aromatic carbocycles. The average Bonchev–Trinajstić information content (AvgIpc) is 3.03. The van der Waals surface area contributed by atoms with Gasteiger partial charge in [0.1, 0.15) is 0 Å². The molecule has 0 aliphatic carbocycles. The molecule has 120 valence electrons. The molecule has 2 aromatic rings. The van der Waals surface area contributed by atoms with Crippen molar-refractivity contribution in [2.75, 3.05) is 6.54 Å². The Morgan fingerprint density at radius 1 is 1.26 bits per heavy atom. The molecule has 1 aromatic heterocycles. The van der Waals surface area contributed by atoms with Gasteiger partial charge >= 0.3 is 0 Å². The van der Waals surface area contributed by atoms with Crippen LogP contribution in [0.4, 0.5) is 0 Å². The third-order valence-electron chi connectivity index (χ3n) is 4.20. The number of fused-ring (bicyclic) bond motifs is 1. The Hall–Kier alpha value is -2.36. The first kappa shape index (κ1) is 15.5. The number of aromatic nitrogens is 1. The Balaban J connectivity index is 2.14.